The molecule has 0 spiro atoms. The molecule has 0 amide bonds. The predicted molar refractivity (Wildman–Crippen MR) is 45.1 cm³/mol. The lowest BCUT2D eigenvalue weighted by Gasteiger charge is -2.19. The Labute approximate surface area is 68.4 Å². The first kappa shape index (κ1) is 10.0. The monoisotopic (exact) mass is 171 g/mol. The minimum atomic E-state index is -1.62. The molecular formula is C7H13NO2Si. The molecule has 3 nitrogen and oxygen atoms in total. The van der Waals surface area contributed by atoms with Gasteiger partial charge in [0.2, 0.25) is 8.32 Å². The maximum atomic E-state index is 8.29. The van der Waals surface area contributed by atoms with Crippen LogP contribution in [-0.2, 0) is 9.16 Å². The Morgan fingerprint density at radius 1 is 1.45 bits per heavy atom. The first-order chi connectivity index (χ1) is 4.99. The molecule has 62 valence electrons. The van der Waals surface area contributed by atoms with Crippen molar-refractivity contribution in [3.8, 4) is 6.07 Å². The summed E-state index contributed by atoms with van der Waals surface area (Å²) in [6.45, 7) is 6.08. The molecule has 0 N–H and O–H groups in total. The minimum Gasteiger partial charge on any atom is -0.519 e. The van der Waals surface area contributed by atoms with Crippen LogP contribution in [0.25, 0.3) is 0 Å². The van der Waals surface area contributed by atoms with Gasteiger partial charge in [-0.2, -0.15) is 5.26 Å². The van der Waals surface area contributed by atoms with Crippen molar-refractivity contribution in [2.45, 2.75) is 19.6 Å². The number of rotatable bonds is 3. The van der Waals surface area contributed by atoms with Gasteiger partial charge in [-0.3, -0.25) is 0 Å². The Morgan fingerprint density at radius 2 is 2.00 bits per heavy atom. The van der Waals surface area contributed by atoms with Gasteiger partial charge in [-0.25, -0.2) is 0 Å². The Bertz CT molecular complexity index is 188. The quantitative estimate of drug-likeness (QED) is 0.370. The highest BCUT2D eigenvalue weighted by molar-refractivity contribution is 6.69. The van der Waals surface area contributed by atoms with Gasteiger partial charge in [0, 0.05) is 0 Å². The zero-order chi connectivity index (χ0) is 8.91. The number of methoxy groups -OCH3 is 1. The first-order valence-electron chi connectivity index (χ1n) is 3.32. The largest absolute Gasteiger partial charge is 0.519 e. The number of hydrogen-bond donors (Lipinski definition) is 0. The van der Waals surface area contributed by atoms with Crippen LogP contribution in [0.1, 0.15) is 0 Å². The van der Waals surface area contributed by atoms with Crippen LogP contribution < -0.4 is 0 Å². The molecule has 0 aromatic rings. The minimum absolute atomic E-state index is 0.312. The van der Waals surface area contributed by atoms with E-state index in [0.717, 1.165) is 0 Å². The molecule has 0 aliphatic carbocycles. The lowest BCUT2D eigenvalue weighted by molar-refractivity contribution is 0.147. The molecule has 0 fully saturated rings. The van der Waals surface area contributed by atoms with Crippen LogP contribution >= 0.6 is 0 Å². The van der Waals surface area contributed by atoms with E-state index in [-0.39, 0.29) is 0 Å². The van der Waals surface area contributed by atoms with Crippen molar-refractivity contribution in [2.24, 2.45) is 0 Å². The fraction of sp³-hybridized carbons (Fsp3) is 0.571. The lowest BCUT2D eigenvalue weighted by atomic mass is 10.7. The van der Waals surface area contributed by atoms with Gasteiger partial charge in [0.15, 0.2) is 0 Å². The molecule has 0 aliphatic heterocycles. The molecule has 0 atom stereocenters. The average Bonchev–Trinajstić information content (AvgIpc) is 1.84. The third-order valence-electron chi connectivity index (χ3n) is 0.790. The van der Waals surface area contributed by atoms with E-state index in [1.54, 1.807) is 0 Å². The second-order valence-corrected chi connectivity index (χ2v) is 7.44. The molecule has 0 rings (SSSR count). The summed E-state index contributed by atoms with van der Waals surface area (Å²) in [4.78, 5) is 0. The zero-order valence-electron chi connectivity index (χ0n) is 7.34. The van der Waals surface area contributed by atoms with Crippen LogP contribution in [0.2, 0.25) is 19.6 Å². The van der Waals surface area contributed by atoms with Crippen LogP contribution in [0.4, 0.5) is 0 Å². The van der Waals surface area contributed by atoms with Gasteiger partial charge < -0.3 is 9.16 Å². The molecule has 0 heterocycles. The molecule has 0 saturated carbocycles. The normalized spacial score (nSPS) is 12.1. The summed E-state index contributed by atoms with van der Waals surface area (Å²) in [5.74, 6) is 0.312. The zero-order valence-corrected chi connectivity index (χ0v) is 8.34. The van der Waals surface area contributed by atoms with E-state index < -0.39 is 8.32 Å². The van der Waals surface area contributed by atoms with E-state index >= 15 is 0 Å². The third kappa shape index (κ3) is 5.49. The average molecular weight is 171 g/mol. The second kappa shape index (κ2) is 4.04. The van der Waals surface area contributed by atoms with Crippen LogP contribution in [-0.4, -0.2) is 15.4 Å². The summed E-state index contributed by atoms with van der Waals surface area (Å²) >= 11 is 0. The smallest absolute Gasteiger partial charge is 0.275 e. The van der Waals surface area contributed by atoms with Crippen molar-refractivity contribution in [3.63, 3.8) is 0 Å². The Morgan fingerprint density at radius 3 is 2.27 bits per heavy atom. The van der Waals surface area contributed by atoms with Gasteiger partial charge in [0.25, 0.3) is 5.95 Å². The van der Waals surface area contributed by atoms with Crippen LogP contribution in [0.3, 0.4) is 0 Å². The molecular weight excluding hydrogens is 158 g/mol. The van der Waals surface area contributed by atoms with E-state index in [4.69, 9.17) is 14.4 Å². The number of ether oxygens (including phenoxy) is 1. The summed E-state index contributed by atoms with van der Waals surface area (Å²) in [5.41, 5.74) is 0. The number of nitriles is 1. The molecule has 0 saturated heterocycles. The Balaban J connectivity index is 4.13. The standard InChI is InChI=1S/C7H13NO2Si/c1-9-7(5-6-8)10-11(2,3)4/h5H,1-4H3. The van der Waals surface area contributed by atoms with E-state index in [1.165, 1.54) is 13.2 Å². The third-order valence-corrected chi connectivity index (χ3v) is 1.60. The number of hydrogen-bond acceptors (Lipinski definition) is 3. The maximum Gasteiger partial charge on any atom is 0.275 e. The van der Waals surface area contributed by atoms with Crippen molar-refractivity contribution >= 4 is 8.32 Å². The lowest BCUT2D eigenvalue weighted by Crippen LogP contribution is -2.25. The van der Waals surface area contributed by atoms with Crippen molar-refractivity contribution in [2.75, 3.05) is 7.11 Å². The molecule has 11 heavy (non-hydrogen) atoms. The summed E-state index contributed by atoms with van der Waals surface area (Å²) in [7, 11) is -0.134. The molecule has 0 radical (unpaired) electrons. The molecule has 4 heteroatoms. The number of allylic oxidation sites excluding steroid dienone is 1. The van der Waals surface area contributed by atoms with Crippen LogP contribution in [0, 0.1) is 11.3 Å². The van der Waals surface area contributed by atoms with E-state index in [9.17, 15) is 0 Å². The molecule has 0 bridgehead atoms. The summed E-state index contributed by atoms with van der Waals surface area (Å²) in [6.07, 6.45) is 1.26. The Hall–Kier alpha value is -0.953. The van der Waals surface area contributed by atoms with Gasteiger partial charge in [0.05, 0.1) is 19.3 Å². The van der Waals surface area contributed by atoms with E-state index in [1.807, 2.05) is 25.7 Å². The topological polar surface area (TPSA) is 42.2 Å². The van der Waals surface area contributed by atoms with E-state index in [0.29, 0.717) is 5.95 Å². The molecule has 0 unspecified atom stereocenters. The first-order valence-corrected chi connectivity index (χ1v) is 6.73. The molecule has 0 aromatic heterocycles. The van der Waals surface area contributed by atoms with Gasteiger partial charge in [-0.1, -0.05) is 0 Å². The van der Waals surface area contributed by atoms with Gasteiger partial charge in [-0.05, 0) is 19.6 Å². The van der Waals surface area contributed by atoms with Gasteiger partial charge >= 0.3 is 0 Å². The highest BCUT2D eigenvalue weighted by Gasteiger charge is 2.17. The fourth-order valence-corrected chi connectivity index (χ4v) is 1.23. The van der Waals surface area contributed by atoms with Crippen LogP contribution in [0.15, 0.2) is 12.0 Å². The summed E-state index contributed by atoms with van der Waals surface area (Å²) in [6, 6.07) is 1.85. The number of nitrogens with zero attached hydrogens (tertiary/aromatic N) is 1. The predicted octanol–water partition coefficient (Wildman–Crippen LogP) is 1.85. The highest BCUT2D eigenvalue weighted by Crippen LogP contribution is 2.09. The van der Waals surface area contributed by atoms with Crippen LogP contribution in [0.5, 0.6) is 0 Å². The van der Waals surface area contributed by atoms with Crippen molar-refractivity contribution in [1.29, 1.82) is 5.26 Å². The summed E-state index contributed by atoms with van der Waals surface area (Å²) in [5, 5.41) is 8.29. The summed E-state index contributed by atoms with van der Waals surface area (Å²) < 4.78 is 10.2. The van der Waals surface area contributed by atoms with Crippen molar-refractivity contribution in [3.05, 3.63) is 12.0 Å². The molecule has 0 aromatic carbocycles. The van der Waals surface area contributed by atoms with E-state index in [2.05, 4.69) is 0 Å². The molecule has 0 aliphatic rings. The SMILES string of the molecule is COC(=CC#N)O[Si](C)(C)C. The van der Waals surface area contributed by atoms with Gasteiger partial charge in [-0.15, -0.1) is 0 Å². The Kier molecular flexibility index (Phi) is 3.69. The highest BCUT2D eigenvalue weighted by atomic mass is 28.4. The van der Waals surface area contributed by atoms with Crippen molar-refractivity contribution < 1.29 is 9.16 Å². The van der Waals surface area contributed by atoms with Crippen molar-refractivity contribution in [1.82, 2.24) is 0 Å². The maximum absolute atomic E-state index is 8.29. The van der Waals surface area contributed by atoms with Gasteiger partial charge in [0.1, 0.15) is 0 Å². The fourth-order valence-electron chi connectivity index (χ4n) is 0.485. The second-order valence-electron chi connectivity index (χ2n) is 3.01.